The van der Waals surface area contributed by atoms with Gasteiger partial charge in [0.2, 0.25) is 5.91 Å². The van der Waals surface area contributed by atoms with E-state index >= 15 is 0 Å². The molecule has 1 aromatic heterocycles. The molecule has 2 aromatic carbocycles. The Bertz CT molecular complexity index is 1150. The number of amides is 1. The molecular formula is C28H36N4O4. The number of β-amino-alcohol motifs (C(OH)–C–C–N with tert-alkyl or cyclic N) is 1. The Balaban J connectivity index is 1.38. The standard InChI is InChI=1S/C28H36N4O4/c1-22-7-9-26(10-8-22)36-21-28(34)19-30(11-12-31(20-28)24(3)33)18-25-5-4-6-27(15-25)35-14-13-32-17-23(2)16-29-32/h4-10,15-17,34H,11-14,18-21H2,1-3H3/t28-/m0/s1. The average Bonchev–Trinajstić information content (AvgIpc) is 3.18. The summed E-state index contributed by atoms with van der Waals surface area (Å²) in [7, 11) is 0. The number of aliphatic hydroxyl groups is 1. The van der Waals surface area contributed by atoms with Gasteiger partial charge in [0.15, 0.2) is 0 Å². The number of benzene rings is 2. The van der Waals surface area contributed by atoms with E-state index in [2.05, 4.69) is 16.1 Å². The van der Waals surface area contributed by atoms with Crippen LogP contribution in [0.3, 0.4) is 0 Å². The molecule has 1 amide bonds. The molecule has 0 spiro atoms. The smallest absolute Gasteiger partial charge is 0.219 e. The fourth-order valence-electron chi connectivity index (χ4n) is 4.43. The third kappa shape index (κ3) is 7.32. The van der Waals surface area contributed by atoms with Crippen molar-refractivity contribution >= 4 is 5.91 Å². The lowest BCUT2D eigenvalue weighted by atomic mass is 10.0. The van der Waals surface area contributed by atoms with Crippen LogP contribution >= 0.6 is 0 Å². The van der Waals surface area contributed by atoms with Gasteiger partial charge in [-0.2, -0.15) is 5.10 Å². The van der Waals surface area contributed by atoms with Gasteiger partial charge in [0, 0.05) is 39.3 Å². The predicted molar refractivity (Wildman–Crippen MR) is 138 cm³/mol. The Hall–Kier alpha value is -3.36. The summed E-state index contributed by atoms with van der Waals surface area (Å²) in [6.07, 6.45) is 3.83. The van der Waals surface area contributed by atoms with Crippen molar-refractivity contribution in [3.05, 3.63) is 77.6 Å². The number of hydrogen-bond donors (Lipinski definition) is 1. The number of carbonyl (C=O) groups is 1. The first-order chi connectivity index (χ1) is 17.3. The summed E-state index contributed by atoms with van der Waals surface area (Å²) in [5.74, 6) is 1.46. The van der Waals surface area contributed by atoms with Gasteiger partial charge in [0.1, 0.15) is 30.3 Å². The van der Waals surface area contributed by atoms with Gasteiger partial charge in [-0.25, -0.2) is 0 Å². The zero-order valence-electron chi connectivity index (χ0n) is 21.4. The minimum Gasteiger partial charge on any atom is -0.492 e. The molecule has 0 aliphatic carbocycles. The number of carbonyl (C=O) groups excluding carboxylic acids is 1. The monoisotopic (exact) mass is 492 g/mol. The second kappa shape index (κ2) is 11.6. The number of rotatable bonds is 9. The number of aromatic nitrogens is 2. The largest absolute Gasteiger partial charge is 0.492 e. The van der Waals surface area contributed by atoms with E-state index in [9.17, 15) is 9.90 Å². The Labute approximate surface area is 213 Å². The Morgan fingerprint density at radius 3 is 2.56 bits per heavy atom. The maximum Gasteiger partial charge on any atom is 0.219 e. The molecular weight excluding hydrogens is 456 g/mol. The van der Waals surface area contributed by atoms with E-state index in [1.165, 1.54) is 0 Å². The topological polar surface area (TPSA) is 80.1 Å². The van der Waals surface area contributed by atoms with Crippen molar-refractivity contribution in [3.63, 3.8) is 0 Å². The average molecular weight is 493 g/mol. The van der Waals surface area contributed by atoms with Crippen LogP contribution in [0.25, 0.3) is 0 Å². The van der Waals surface area contributed by atoms with E-state index in [4.69, 9.17) is 9.47 Å². The molecule has 0 saturated carbocycles. The molecule has 0 radical (unpaired) electrons. The summed E-state index contributed by atoms with van der Waals surface area (Å²) in [6.45, 7) is 9.37. The molecule has 8 nitrogen and oxygen atoms in total. The van der Waals surface area contributed by atoms with Crippen LogP contribution in [0.4, 0.5) is 0 Å². The second-order valence-corrected chi connectivity index (χ2v) is 9.75. The SMILES string of the molecule is CC(=O)N1CCN(Cc2cccc(OCCn3cc(C)cn3)c2)C[C@@](O)(COc2ccc(C)cc2)C1. The van der Waals surface area contributed by atoms with E-state index in [0.29, 0.717) is 45.1 Å². The van der Waals surface area contributed by atoms with Crippen LogP contribution in [-0.2, 0) is 17.9 Å². The number of ether oxygens (including phenoxy) is 2. The highest BCUT2D eigenvalue weighted by Gasteiger charge is 2.36. The lowest BCUT2D eigenvalue weighted by Gasteiger charge is -2.32. The summed E-state index contributed by atoms with van der Waals surface area (Å²) in [5.41, 5.74) is 2.16. The van der Waals surface area contributed by atoms with Crippen molar-refractivity contribution < 1.29 is 19.4 Å². The molecule has 1 fully saturated rings. The van der Waals surface area contributed by atoms with Crippen molar-refractivity contribution in [2.75, 3.05) is 39.4 Å². The lowest BCUT2D eigenvalue weighted by molar-refractivity contribution is -0.132. The van der Waals surface area contributed by atoms with Gasteiger partial charge >= 0.3 is 0 Å². The first-order valence-electron chi connectivity index (χ1n) is 12.4. The molecule has 192 valence electrons. The zero-order valence-corrected chi connectivity index (χ0v) is 21.4. The van der Waals surface area contributed by atoms with Crippen LogP contribution in [0.15, 0.2) is 60.9 Å². The molecule has 1 aliphatic rings. The van der Waals surface area contributed by atoms with E-state index in [-0.39, 0.29) is 19.1 Å². The Morgan fingerprint density at radius 1 is 1.03 bits per heavy atom. The van der Waals surface area contributed by atoms with Crippen molar-refractivity contribution in [1.82, 2.24) is 19.6 Å². The zero-order chi connectivity index (χ0) is 25.5. The van der Waals surface area contributed by atoms with E-state index < -0.39 is 5.60 Å². The van der Waals surface area contributed by atoms with Gasteiger partial charge in [0.25, 0.3) is 0 Å². The maximum atomic E-state index is 12.2. The molecule has 1 aliphatic heterocycles. The molecule has 0 bridgehead atoms. The minimum absolute atomic E-state index is 0.0478. The minimum atomic E-state index is -1.19. The number of nitrogens with zero attached hydrogens (tertiary/aromatic N) is 4. The van der Waals surface area contributed by atoms with Crippen LogP contribution in [0.2, 0.25) is 0 Å². The summed E-state index contributed by atoms with van der Waals surface area (Å²) in [6, 6.07) is 15.8. The van der Waals surface area contributed by atoms with Crippen LogP contribution in [0, 0.1) is 13.8 Å². The molecule has 1 atom stereocenters. The van der Waals surface area contributed by atoms with Gasteiger partial charge in [-0.3, -0.25) is 14.4 Å². The van der Waals surface area contributed by atoms with Gasteiger partial charge < -0.3 is 19.5 Å². The van der Waals surface area contributed by atoms with Crippen LogP contribution in [0.5, 0.6) is 11.5 Å². The summed E-state index contributed by atoms with van der Waals surface area (Å²) < 4.78 is 13.8. The first kappa shape index (κ1) is 25.7. The highest BCUT2D eigenvalue weighted by atomic mass is 16.5. The highest BCUT2D eigenvalue weighted by molar-refractivity contribution is 5.73. The van der Waals surface area contributed by atoms with Crippen molar-refractivity contribution in [1.29, 1.82) is 0 Å². The quantitative estimate of drug-likeness (QED) is 0.495. The van der Waals surface area contributed by atoms with Gasteiger partial charge in [-0.1, -0.05) is 29.8 Å². The molecule has 36 heavy (non-hydrogen) atoms. The van der Waals surface area contributed by atoms with E-state index in [1.807, 2.05) is 73.4 Å². The summed E-state index contributed by atoms with van der Waals surface area (Å²) in [4.78, 5) is 16.1. The maximum absolute atomic E-state index is 12.2. The van der Waals surface area contributed by atoms with Crippen molar-refractivity contribution in [3.8, 4) is 11.5 Å². The third-order valence-corrected chi connectivity index (χ3v) is 6.32. The van der Waals surface area contributed by atoms with Crippen LogP contribution < -0.4 is 9.47 Å². The number of aryl methyl sites for hydroxylation is 2. The third-order valence-electron chi connectivity index (χ3n) is 6.32. The molecule has 3 aromatic rings. The highest BCUT2D eigenvalue weighted by Crippen LogP contribution is 2.21. The molecule has 8 heteroatoms. The van der Waals surface area contributed by atoms with Crippen LogP contribution in [-0.4, -0.2) is 75.6 Å². The van der Waals surface area contributed by atoms with Gasteiger partial charge in [-0.05, 0) is 49.2 Å². The lowest BCUT2D eigenvalue weighted by Crippen LogP contribution is -2.51. The van der Waals surface area contributed by atoms with Gasteiger partial charge in [0.05, 0.1) is 19.3 Å². The van der Waals surface area contributed by atoms with Crippen molar-refractivity contribution in [2.24, 2.45) is 0 Å². The molecule has 4 rings (SSSR count). The fourth-order valence-corrected chi connectivity index (χ4v) is 4.43. The summed E-state index contributed by atoms with van der Waals surface area (Å²) >= 11 is 0. The number of hydrogen-bond acceptors (Lipinski definition) is 6. The van der Waals surface area contributed by atoms with Gasteiger partial charge in [-0.15, -0.1) is 0 Å². The Morgan fingerprint density at radius 2 is 1.83 bits per heavy atom. The molecule has 2 heterocycles. The van der Waals surface area contributed by atoms with E-state index in [1.54, 1.807) is 11.8 Å². The second-order valence-electron chi connectivity index (χ2n) is 9.75. The van der Waals surface area contributed by atoms with E-state index in [0.717, 1.165) is 22.4 Å². The predicted octanol–water partition coefficient (Wildman–Crippen LogP) is 3.05. The molecule has 1 saturated heterocycles. The first-order valence-corrected chi connectivity index (χ1v) is 12.4. The molecule has 0 unspecified atom stereocenters. The fraction of sp³-hybridized carbons (Fsp3) is 0.429. The van der Waals surface area contributed by atoms with Crippen LogP contribution in [0.1, 0.15) is 23.6 Å². The summed E-state index contributed by atoms with van der Waals surface area (Å²) in [5, 5.41) is 15.8. The van der Waals surface area contributed by atoms with Crippen molar-refractivity contribution in [2.45, 2.75) is 39.5 Å². The normalized spacial score (nSPS) is 18.6. The molecule has 1 N–H and O–H groups in total. The Kier molecular flexibility index (Phi) is 8.28.